The monoisotopic (exact) mass is 349 g/mol. The first-order valence-electron chi connectivity index (χ1n) is 7.91. The Morgan fingerprint density at radius 3 is 2.73 bits per heavy atom. The summed E-state index contributed by atoms with van der Waals surface area (Å²) in [6.45, 7) is 2.02. The van der Waals surface area contributed by atoms with Crippen LogP contribution in [0.2, 0.25) is 0 Å². The number of ether oxygens (including phenoxy) is 2. The van der Waals surface area contributed by atoms with Crippen molar-refractivity contribution in [3.63, 3.8) is 0 Å². The van der Waals surface area contributed by atoms with Gasteiger partial charge in [-0.2, -0.15) is 0 Å². The van der Waals surface area contributed by atoms with Gasteiger partial charge in [-0.15, -0.1) is 5.92 Å². The fourth-order valence-electron chi connectivity index (χ4n) is 2.15. The highest BCUT2D eigenvalue weighted by atomic mass is 16.5. The molecule has 0 saturated carbocycles. The van der Waals surface area contributed by atoms with Crippen LogP contribution in [0.5, 0.6) is 11.5 Å². The van der Waals surface area contributed by atoms with Crippen LogP contribution in [0.25, 0.3) is 6.08 Å². The van der Waals surface area contributed by atoms with Gasteiger partial charge in [0.25, 0.3) is 0 Å². The van der Waals surface area contributed by atoms with Crippen molar-refractivity contribution in [3.8, 4) is 23.3 Å². The molecule has 0 saturated heterocycles. The number of hydrogen-bond donors (Lipinski definition) is 1. The number of para-hydroxylation sites is 1. The van der Waals surface area contributed by atoms with Gasteiger partial charge in [0.2, 0.25) is 5.91 Å². The molecule has 0 radical (unpaired) electrons. The molecule has 1 N–H and O–H groups in total. The van der Waals surface area contributed by atoms with E-state index >= 15 is 0 Å². The Labute approximate surface area is 152 Å². The molecule has 2 aromatic rings. The van der Waals surface area contributed by atoms with Crippen LogP contribution >= 0.6 is 0 Å². The van der Waals surface area contributed by atoms with Gasteiger partial charge in [0, 0.05) is 11.6 Å². The van der Waals surface area contributed by atoms with Crippen LogP contribution in [0.4, 0.5) is 5.69 Å². The average molecular weight is 349 g/mol. The molecule has 1 amide bonds. The number of nitrogens with one attached hydrogen (secondary N) is 1. The molecule has 0 spiro atoms. The third-order valence-corrected chi connectivity index (χ3v) is 3.44. The van der Waals surface area contributed by atoms with Crippen LogP contribution in [0, 0.1) is 11.8 Å². The Morgan fingerprint density at radius 1 is 1.19 bits per heavy atom. The number of carbonyl (C=O) groups is 2. The number of amides is 1. The van der Waals surface area contributed by atoms with Gasteiger partial charge in [-0.25, -0.2) is 0 Å². The molecule has 0 fully saturated rings. The van der Waals surface area contributed by atoms with E-state index in [2.05, 4.69) is 17.2 Å². The van der Waals surface area contributed by atoms with Crippen molar-refractivity contribution >= 4 is 24.0 Å². The molecule has 0 heterocycles. The molecule has 0 aliphatic heterocycles. The van der Waals surface area contributed by atoms with E-state index in [1.165, 1.54) is 6.08 Å². The second-order valence-corrected chi connectivity index (χ2v) is 5.15. The van der Waals surface area contributed by atoms with E-state index in [9.17, 15) is 9.59 Å². The first-order chi connectivity index (χ1) is 12.7. The van der Waals surface area contributed by atoms with Crippen LogP contribution in [0.1, 0.15) is 22.8 Å². The van der Waals surface area contributed by atoms with Gasteiger partial charge in [0.05, 0.1) is 12.8 Å². The molecule has 0 aliphatic rings. The molecular formula is C21H19NO4. The van der Waals surface area contributed by atoms with Gasteiger partial charge in [-0.1, -0.05) is 24.1 Å². The molecule has 5 heteroatoms. The normalized spacial score (nSPS) is 9.92. The smallest absolute Gasteiger partial charge is 0.248 e. The third-order valence-electron chi connectivity index (χ3n) is 3.44. The highest BCUT2D eigenvalue weighted by molar-refractivity contribution is 6.04. The lowest BCUT2D eigenvalue weighted by atomic mass is 10.1. The summed E-state index contributed by atoms with van der Waals surface area (Å²) in [5, 5.41) is 2.68. The highest BCUT2D eigenvalue weighted by Crippen LogP contribution is 2.28. The van der Waals surface area contributed by atoms with E-state index in [4.69, 9.17) is 9.47 Å². The summed E-state index contributed by atoms with van der Waals surface area (Å²) in [5.74, 6) is 6.37. The summed E-state index contributed by atoms with van der Waals surface area (Å²) in [7, 11) is 1.55. The van der Waals surface area contributed by atoms with Crippen molar-refractivity contribution in [1.82, 2.24) is 0 Å². The number of anilines is 1. The molecule has 0 aliphatic carbocycles. The summed E-state index contributed by atoms with van der Waals surface area (Å²) in [6.07, 6.45) is 3.74. The SMILES string of the molecule is CC#CCOc1ccc(/C=C/C(=O)Nc2ccccc2C=O)cc1OC. The Bertz CT molecular complexity index is 875. The molecule has 2 aromatic carbocycles. The quantitative estimate of drug-likeness (QED) is 0.472. The van der Waals surface area contributed by atoms with Gasteiger partial charge in [0.15, 0.2) is 17.8 Å². The molecule has 2 rings (SSSR count). The number of benzene rings is 2. The maximum Gasteiger partial charge on any atom is 0.248 e. The van der Waals surface area contributed by atoms with E-state index in [-0.39, 0.29) is 12.5 Å². The van der Waals surface area contributed by atoms with E-state index in [0.717, 1.165) is 5.56 Å². The molecule has 0 bridgehead atoms. The van der Waals surface area contributed by atoms with Crippen LogP contribution in [0.3, 0.4) is 0 Å². The van der Waals surface area contributed by atoms with E-state index < -0.39 is 0 Å². The predicted molar refractivity (Wildman–Crippen MR) is 101 cm³/mol. The Balaban J connectivity index is 2.07. The van der Waals surface area contributed by atoms with Crippen LogP contribution in [0.15, 0.2) is 48.5 Å². The number of methoxy groups -OCH3 is 1. The van der Waals surface area contributed by atoms with Crippen molar-refractivity contribution < 1.29 is 19.1 Å². The summed E-state index contributed by atoms with van der Waals surface area (Å²) in [6, 6.07) is 12.1. The second kappa shape index (κ2) is 9.70. The average Bonchev–Trinajstić information content (AvgIpc) is 2.67. The summed E-state index contributed by atoms with van der Waals surface area (Å²) in [5.41, 5.74) is 1.66. The van der Waals surface area contributed by atoms with Gasteiger partial charge in [0.1, 0.15) is 6.61 Å². The maximum atomic E-state index is 12.1. The topological polar surface area (TPSA) is 64.6 Å². The van der Waals surface area contributed by atoms with Crippen molar-refractivity contribution in [3.05, 3.63) is 59.7 Å². The minimum atomic E-state index is -0.336. The second-order valence-electron chi connectivity index (χ2n) is 5.15. The Morgan fingerprint density at radius 2 is 2.00 bits per heavy atom. The van der Waals surface area contributed by atoms with Crippen molar-refractivity contribution in [2.24, 2.45) is 0 Å². The first-order valence-corrected chi connectivity index (χ1v) is 7.91. The van der Waals surface area contributed by atoms with Gasteiger partial charge < -0.3 is 14.8 Å². The van der Waals surface area contributed by atoms with Crippen LogP contribution in [-0.2, 0) is 4.79 Å². The fraction of sp³-hybridized carbons (Fsp3) is 0.143. The van der Waals surface area contributed by atoms with Gasteiger partial charge in [-0.05, 0) is 42.8 Å². The zero-order chi connectivity index (χ0) is 18.8. The minimum absolute atomic E-state index is 0.278. The molecule has 0 atom stereocenters. The van der Waals surface area contributed by atoms with Crippen molar-refractivity contribution in [1.29, 1.82) is 0 Å². The number of aldehydes is 1. The molecule has 132 valence electrons. The lowest BCUT2D eigenvalue weighted by Crippen LogP contribution is -2.09. The highest BCUT2D eigenvalue weighted by Gasteiger charge is 2.06. The van der Waals surface area contributed by atoms with Crippen molar-refractivity contribution in [2.75, 3.05) is 19.0 Å². The Kier molecular flexibility index (Phi) is 7.02. The standard InChI is InChI=1S/C21H19NO4/c1-3-4-13-26-19-11-9-16(14-20(19)25-2)10-12-21(24)22-18-8-6-5-7-17(18)15-23/h5-12,14-15H,13H2,1-2H3,(H,22,24)/b12-10+. The fourth-order valence-corrected chi connectivity index (χ4v) is 2.15. The zero-order valence-corrected chi connectivity index (χ0v) is 14.6. The third kappa shape index (κ3) is 5.25. The molecule has 0 aromatic heterocycles. The minimum Gasteiger partial charge on any atom is -0.493 e. The predicted octanol–water partition coefficient (Wildman–Crippen LogP) is 3.56. The summed E-state index contributed by atoms with van der Waals surface area (Å²) >= 11 is 0. The van der Waals surface area contributed by atoms with Crippen molar-refractivity contribution in [2.45, 2.75) is 6.92 Å². The molecular weight excluding hydrogens is 330 g/mol. The number of carbonyl (C=O) groups excluding carboxylic acids is 2. The van der Waals surface area contributed by atoms with Gasteiger partial charge in [-0.3, -0.25) is 9.59 Å². The maximum absolute atomic E-state index is 12.1. The van der Waals surface area contributed by atoms with E-state index in [1.807, 2.05) is 0 Å². The largest absolute Gasteiger partial charge is 0.493 e. The molecule has 5 nitrogen and oxygen atoms in total. The van der Waals surface area contributed by atoms with E-state index in [0.29, 0.717) is 29.0 Å². The molecule has 26 heavy (non-hydrogen) atoms. The lowest BCUT2D eigenvalue weighted by molar-refractivity contribution is -0.111. The van der Waals surface area contributed by atoms with Crippen LogP contribution < -0.4 is 14.8 Å². The first kappa shape index (κ1) is 18.8. The van der Waals surface area contributed by atoms with Gasteiger partial charge >= 0.3 is 0 Å². The van der Waals surface area contributed by atoms with E-state index in [1.54, 1.807) is 62.6 Å². The lowest BCUT2D eigenvalue weighted by Gasteiger charge is -2.09. The van der Waals surface area contributed by atoms with Crippen LogP contribution in [-0.4, -0.2) is 25.9 Å². The number of hydrogen-bond acceptors (Lipinski definition) is 4. The summed E-state index contributed by atoms with van der Waals surface area (Å²) < 4.78 is 10.8. The molecule has 0 unspecified atom stereocenters. The number of rotatable bonds is 7. The summed E-state index contributed by atoms with van der Waals surface area (Å²) in [4.78, 5) is 23.0. The Hall–Kier alpha value is -3.52. The zero-order valence-electron chi connectivity index (χ0n) is 14.6.